The van der Waals surface area contributed by atoms with Gasteiger partial charge in [0.15, 0.2) is 0 Å². The third-order valence-electron chi connectivity index (χ3n) is 4.56. The molecule has 0 atom stereocenters. The van der Waals surface area contributed by atoms with Crippen LogP contribution in [-0.4, -0.2) is 46.3 Å². The van der Waals surface area contributed by atoms with Crippen LogP contribution in [0.1, 0.15) is 20.3 Å². The molecule has 0 aliphatic carbocycles. The Morgan fingerprint density at radius 3 is 2.42 bits per heavy atom. The summed E-state index contributed by atoms with van der Waals surface area (Å²) in [5.74, 6) is 0.216. The van der Waals surface area contributed by atoms with E-state index in [9.17, 15) is 9.59 Å². The molecule has 0 saturated heterocycles. The van der Waals surface area contributed by atoms with Gasteiger partial charge in [-0.05, 0) is 37.6 Å². The zero-order valence-electron chi connectivity index (χ0n) is 17.6. The summed E-state index contributed by atoms with van der Waals surface area (Å²) in [6, 6.07) is 18.5. The van der Waals surface area contributed by atoms with Gasteiger partial charge in [-0.2, -0.15) is 5.10 Å². The van der Waals surface area contributed by atoms with E-state index in [0.29, 0.717) is 23.9 Å². The van der Waals surface area contributed by atoms with Gasteiger partial charge < -0.3 is 15.5 Å². The van der Waals surface area contributed by atoms with E-state index < -0.39 is 0 Å². The van der Waals surface area contributed by atoms with Crippen molar-refractivity contribution in [2.24, 2.45) is 0 Å². The number of anilines is 1. The molecule has 2 N–H and O–H groups in total. The van der Waals surface area contributed by atoms with Crippen LogP contribution in [0.2, 0.25) is 5.02 Å². The topological polar surface area (TPSA) is 79.3 Å². The third kappa shape index (κ3) is 5.86. The van der Waals surface area contributed by atoms with Gasteiger partial charge in [0.25, 0.3) is 0 Å². The first-order valence-electron chi connectivity index (χ1n) is 10.3. The normalized spacial score (nSPS) is 10.5. The van der Waals surface area contributed by atoms with Gasteiger partial charge in [-0.3, -0.25) is 4.79 Å². The second-order valence-corrected chi connectivity index (χ2v) is 7.41. The summed E-state index contributed by atoms with van der Waals surface area (Å²) in [5.41, 5.74) is 2.41. The number of hydrogen-bond donors (Lipinski definition) is 2. The van der Waals surface area contributed by atoms with Crippen LogP contribution in [0.4, 0.5) is 10.6 Å². The monoisotopic (exact) mass is 439 g/mol. The van der Waals surface area contributed by atoms with Crippen LogP contribution in [0, 0.1) is 0 Å². The summed E-state index contributed by atoms with van der Waals surface area (Å²) in [6.07, 6.45) is 0.755. The van der Waals surface area contributed by atoms with Crippen molar-refractivity contribution in [2.75, 3.05) is 25.0 Å². The number of carbonyl (C=O) groups excluding carboxylic acids is 2. The number of urea groups is 1. The minimum atomic E-state index is -0.297. The molecule has 3 amide bonds. The zero-order valence-corrected chi connectivity index (χ0v) is 18.4. The van der Waals surface area contributed by atoms with Gasteiger partial charge in [-0.15, -0.1) is 0 Å². The maximum Gasteiger partial charge on any atom is 0.317 e. The average molecular weight is 440 g/mol. The highest BCUT2D eigenvalue weighted by molar-refractivity contribution is 6.30. The Morgan fingerprint density at radius 1 is 1.06 bits per heavy atom. The maximum absolute atomic E-state index is 12.8. The maximum atomic E-state index is 12.8. The van der Waals surface area contributed by atoms with Crippen LogP contribution in [0.25, 0.3) is 16.9 Å². The molecular formula is C23H26ClN5O2. The van der Waals surface area contributed by atoms with Crippen LogP contribution in [0.15, 0.2) is 60.7 Å². The highest BCUT2D eigenvalue weighted by Crippen LogP contribution is 2.25. The van der Waals surface area contributed by atoms with Gasteiger partial charge in [-0.25, -0.2) is 9.48 Å². The van der Waals surface area contributed by atoms with Crippen molar-refractivity contribution in [1.29, 1.82) is 0 Å². The lowest BCUT2D eigenvalue weighted by Crippen LogP contribution is -2.44. The van der Waals surface area contributed by atoms with Crippen molar-refractivity contribution in [3.63, 3.8) is 0 Å². The van der Waals surface area contributed by atoms with Crippen molar-refractivity contribution in [3.8, 4) is 16.9 Å². The van der Waals surface area contributed by atoms with E-state index in [4.69, 9.17) is 11.6 Å². The molecule has 1 heterocycles. The Hall–Kier alpha value is -3.32. The van der Waals surface area contributed by atoms with E-state index in [-0.39, 0.29) is 18.5 Å². The van der Waals surface area contributed by atoms with E-state index in [1.165, 1.54) is 4.90 Å². The number of nitrogens with zero attached hydrogens (tertiary/aromatic N) is 3. The number of rotatable bonds is 8. The van der Waals surface area contributed by atoms with E-state index >= 15 is 0 Å². The van der Waals surface area contributed by atoms with E-state index in [1.807, 2.05) is 62.4 Å². The van der Waals surface area contributed by atoms with Crippen molar-refractivity contribution in [3.05, 3.63) is 65.7 Å². The van der Waals surface area contributed by atoms with Crippen LogP contribution < -0.4 is 10.6 Å². The van der Waals surface area contributed by atoms with Gasteiger partial charge in [0.1, 0.15) is 12.4 Å². The summed E-state index contributed by atoms with van der Waals surface area (Å²) in [6.45, 7) is 4.76. The first-order valence-corrected chi connectivity index (χ1v) is 10.6. The third-order valence-corrected chi connectivity index (χ3v) is 4.81. The summed E-state index contributed by atoms with van der Waals surface area (Å²) >= 11 is 6.02. The molecule has 0 fully saturated rings. The van der Waals surface area contributed by atoms with Crippen LogP contribution in [0.3, 0.4) is 0 Å². The molecule has 1 aromatic heterocycles. The van der Waals surface area contributed by atoms with Gasteiger partial charge >= 0.3 is 6.03 Å². The minimum absolute atomic E-state index is 0.0495. The van der Waals surface area contributed by atoms with E-state index in [1.54, 1.807) is 16.8 Å². The Kier molecular flexibility index (Phi) is 7.67. The molecule has 31 heavy (non-hydrogen) atoms. The highest BCUT2D eigenvalue weighted by Gasteiger charge is 2.18. The molecule has 0 unspecified atom stereocenters. The number of carbonyl (C=O) groups is 2. The fourth-order valence-electron chi connectivity index (χ4n) is 3.14. The van der Waals surface area contributed by atoms with Crippen molar-refractivity contribution in [2.45, 2.75) is 20.3 Å². The second-order valence-electron chi connectivity index (χ2n) is 6.97. The lowest BCUT2D eigenvalue weighted by Gasteiger charge is -2.21. The SMILES string of the molecule is CCCN(CC(=O)Nc1cc(-c2ccccc2)nn1-c1ccc(Cl)cc1)C(=O)NCC. The Bertz CT molecular complexity index is 1020. The fourth-order valence-corrected chi connectivity index (χ4v) is 3.27. The van der Waals surface area contributed by atoms with Gasteiger partial charge in [-0.1, -0.05) is 48.9 Å². The number of halogens is 1. The number of nitrogens with one attached hydrogen (secondary N) is 2. The lowest BCUT2D eigenvalue weighted by molar-refractivity contribution is -0.116. The molecule has 0 aliphatic heterocycles. The fraction of sp³-hybridized carbons (Fsp3) is 0.261. The number of benzene rings is 2. The Morgan fingerprint density at radius 2 is 1.77 bits per heavy atom. The van der Waals surface area contributed by atoms with Crippen molar-refractivity contribution in [1.82, 2.24) is 20.0 Å². The molecule has 162 valence electrons. The van der Waals surface area contributed by atoms with Crippen molar-refractivity contribution >= 4 is 29.4 Å². The molecule has 8 heteroatoms. The second kappa shape index (κ2) is 10.6. The van der Waals surface area contributed by atoms with Gasteiger partial charge in [0, 0.05) is 29.7 Å². The van der Waals surface area contributed by atoms with E-state index in [2.05, 4.69) is 15.7 Å². The van der Waals surface area contributed by atoms with Crippen LogP contribution in [-0.2, 0) is 4.79 Å². The molecule has 2 aromatic carbocycles. The molecule has 0 saturated carbocycles. The molecule has 0 radical (unpaired) electrons. The average Bonchev–Trinajstić information content (AvgIpc) is 3.18. The summed E-state index contributed by atoms with van der Waals surface area (Å²) in [4.78, 5) is 26.5. The summed E-state index contributed by atoms with van der Waals surface area (Å²) in [5, 5.41) is 10.9. The lowest BCUT2D eigenvalue weighted by atomic mass is 10.1. The highest BCUT2D eigenvalue weighted by atomic mass is 35.5. The van der Waals surface area contributed by atoms with Crippen LogP contribution >= 0.6 is 11.6 Å². The predicted octanol–water partition coefficient (Wildman–Crippen LogP) is 4.57. The Labute approximate surface area is 187 Å². The molecular weight excluding hydrogens is 414 g/mol. The number of hydrogen-bond acceptors (Lipinski definition) is 3. The standard InChI is InChI=1S/C23H26ClN5O2/c1-3-14-28(23(31)25-4-2)16-22(30)26-21-15-20(17-8-6-5-7-9-17)27-29(21)19-12-10-18(24)11-13-19/h5-13,15H,3-4,14,16H2,1-2H3,(H,25,31)(H,26,30). The molecule has 3 aromatic rings. The molecule has 0 aliphatic rings. The van der Waals surface area contributed by atoms with E-state index in [0.717, 1.165) is 23.4 Å². The first kappa shape index (κ1) is 22.4. The molecule has 0 spiro atoms. The van der Waals surface area contributed by atoms with Crippen molar-refractivity contribution < 1.29 is 9.59 Å². The molecule has 0 bridgehead atoms. The Balaban J connectivity index is 1.88. The number of amides is 3. The summed E-state index contributed by atoms with van der Waals surface area (Å²) in [7, 11) is 0. The molecule has 3 rings (SSSR count). The first-order chi connectivity index (χ1) is 15.0. The molecule has 7 nitrogen and oxygen atoms in total. The minimum Gasteiger partial charge on any atom is -0.338 e. The largest absolute Gasteiger partial charge is 0.338 e. The summed E-state index contributed by atoms with van der Waals surface area (Å²) < 4.78 is 1.66. The smallest absolute Gasteiger partial charge is 0.317 e. The quantitative estimate of drug-likeness (QED) is 0.539. The van der Waals surface area contributed by atoms with Gasteiger partial charge in [0.2, 0.25) is 5.91 Å². The number of aromatic nitrogens is 2. The zero-order chi connectivity index (χ0) is 22.2. The van der Waals surface area contributed by atoms with Crippen LogP contribution in [0.5, 0.6) is 0 Å². The van der Waals surface area contributed by atoms with Gasteiger partial charge in [0.05, 0.1) is 11.4 Å². The predicted molar refractivity (Wildman–Crippen MR) is 124 cm³/mol.